The van der Waals surface area contributed by atoms with E-state index in [9.17, 15) is 0 Å². The van der Waals surface area contributed by atoms with Gasteiger partial charge in [0, 0.05) is 27.3 Å². The SMILES string of the molecule is CCCCCCCCCC(C)C.[Pb]. The maximum absolute atomic E-state index is 2.32. The van der Waals surface area contributed by atoms with Gasteiger partial charge in [0.1, 0.15) is 0 Å². The fraction of sp³-hybridized carbons (Fsp3) is 1.00. The van der Waals surface area contributed by atoms with Crippen molar-refractivity contribution in [1.29, 1.82) is 0 Å². The van der Waals surface area contributed by atoms with Crippen LogP contribution in [0, 0.1) is 5.92 Å². The van der Waals surface area contributed by atoms with Gasteiger partial charge in [0.05, 0.1) is 0 Å². The van der Waals surface area contributed by atoms with Crippen molar-refractivity contribution < 1.29 is 0 Å². The molecule has 0 bridgehead atoms. The molecule has 0 aliphatic carbocycles. The summed E-state index contributed by atoms with van der Waals surface area (Å²) in [5, 5.41) is 0. The van der Waals surface area contributed by atoms with Crippen LogP contribution in [-0.2, 0) is 0 Å². The van der Waals surface area contributed by atoms with Crippen LogP contribution in [0.5, 0.6) is 0 Å². The standard InChI is InChI=1S/C12H26.Pb/c1-4-5-6-7-8-9-10-11-12(2)3;/h12H,4-11H2,1-3H3;. The van der Waals surface area contributed by atoms with E-state index in [1.54, 1.807) is 0 Å². The molecule has 0 spiro atoms. The average Bonchev–Trinajstić information content (AvgIpc) is 2.02. The Morgan fingerprint density at radius 2 is 1.23 bits per heavy atom. The molecule has 0 aliphatic rings. The fourth-order valence-corrected chi connectivity index (χ4v) is 1.51. The van der Waals surface area contributed by atoms with E-state index in [0.717, 1.165) is 5.92 Å². The molecule has 0 aromatic carbocycles. The zero-order valence-electron chi connectivity index (χ0n) is 9.73. The first-order valence-electron chi connectivity index (χ1n) is 5.77. The Balaban J connectivity index is 0. The Morgan fingerprint density at radius 1 is 0.769 bits per heavy atom. The van der Waals surface area contributed by atoms with Gasteiger partial charge in [-0.05, 0) is 5.92 Å². The molecule has 0 aromatic heterocycles. The minimum absolute atomic E-state index is 0. The smallest absolute Gasteiger partial charge is 0 e. The molecule has 13 heavy (non-hydrogen) atoms. The first-order valence-corrected chi connectivity index (χ1v) is 5.77. The summed E-state index contributed by atoms with van der Waals surface area (Å²) >= 11 is 0. The second-order valence-electron chi connectivity index (χ2n) is 4.30. The van der Waals surface area contributed by atoms with Crippen molar-refractivity contribution in [3.05, 3.63) is 0 Å². The molecule has 0 saturated heterocycles. The van der Waals surface area contributed by atoms with Crippen molar-refractivity contribution in [2.45, 2.75) is 72.1 Å². The molecule has 0 atom stereocenters. The Morgan fingerprint density at radius 3 is 1.69 bits per heavy atom. The van der Waals surface area contributed by atoms with Crippen molar-refractivity contribution >= 4 is 27.3 Å². The summed E-state index contributed by atoms with van der Waals surface area (Å²) in [5.74, 6) is 0.903. The van der Waals surface area contributed by atoms with Crippen molar-refractivity contribution in [1.82, 2.24) is 0 Å². The molecule has 0 saturated carbocycles. The van der Waals surface area contributed by atoms with Gasteiger partial charge in [-0.15, -0.1) is 0 Å². The quantitative estimate of drug-likeness (QED) is 0.434. The normalized spacial score (nSPS) is 10.2. The Labute approximate surface area is 105 Å². The summed E-state index contributed by atoms with van der Waals surface area (Å²) in [5.41, 5.74) is 0. The number of rotatable bonds is 8. The van der Waals surface area contributed by atoms with Gasteiger partial charge in [-0.25, -0.2) is 0 Å². The molecular formula is C12H26Pb. The van der Waals surface area contributed by atoms with Crippen molar-refractivity contribution in [2.75, 3.05) is 0 Å². The van der Waals surface area contributed by atoms with Crippen LogP contribution in [0.2, 0.25) is 0 Å². The van der Waals surface area contributed by atoms with Gasteiger partial charge in [-0.1, -0.05) is 72.1 Å². The fourth-order valence-electron chi connectivity index (χ4n) is 1.51. The molecule has 0 unspecified atom stereocenters. The summed E-state index contributed by atoms with van der Waals surface area (Å²) in [4.78, 5) is 0. The minimum Gasteiger partial charge on any atom is -0.0654 e. The van der Waals surface area contributed by atoms with E-state index in [0.29, 0.717) is 0 Å². The van der Waals surface area contributed by atoms with Crippen LogP contribution >= 0.6 is 0 Å². The first-order chi connectivity index (χ1) is 5.77. The molecule has 0 rings (SSSR count). The summed E-state index contributed by atoms with van der Waals surface area (Å²) < 4.78 is 0. The third-order valence-corrected chi connectivity index (χ3v) is 2.39. The molecule has 78 valence electrons. The van der Waals surface area contributed by atoms with Crippen molar-refractivity contribution in [2.24, 2.45) is 5.92 Å². The van der Waals surface area contributed by atoms with E-state index in [2.05, 4.69) is 20.8 Å². The molecule has 0 N–H and O–H groups in total. The Hall–Kier alpha value is 0.922. The molecular weight excluding hydrogens is 351 g/mol. The van der Waals surface area contributed by atoms with Crippen molar-refractivity contribution in [3.63, 3.8) is 0 Å². The topological polar surface area (TPSA) is 0 Å². The van der Waals surface area contributed by atoms with Crippen LogP contribution in [-0.4, -0.2) is 27.3 Å². The minimum atomic E-state index is 0. The van der Waals surface area contributed by atoms with E-state index in [1.807, 2.05) is 0 Å². The number of hydrogen-bond acceptors (Lipinski definition) is 0. The molecule has 0 aliphatic heterocycles. The van der Waals surface area contributed by atoms with Gasteiger partial charge >= 0.3 is 0 Å². The average molecular weight is 378 g/mol. The van der Waals surface area contributed by atoms with Crippen LogP contribution in [0.25, 0.3) is 0 Å². The zero-order valence-corrected chi connectivity index (χ0v) is 13.6. The summed E-state index contributed by atoms with van der Waals surface area (Å²) in [6.07, 6.45) is 11.5. The van der Waals surface area contributed by atoms with E-state index < -0.39 is 0 Å². The van der Waals surface area contributed by atoms with Gasteiger partial charge in [-0.2, -0.15) is 0 Å². The molecule has 0 amide bonds. The predicted molar refractivity (Wildman–Crippen MR) is 63.2 cm³/mol. The van der Waals surface area contributed by atoms with E-state index >= 15 is 0 Å². The summed E-state index contributed by atoms with van der Waals surface area (Å²) in [6.45, 7) is 6.91. The van der Waals surface area contributed by atoms with Gasteiger partial charge in [0.15, 0.2) is 0 Å². The van der Waals surface area contributed by atoms with Crippen molar-refractivity contribution in [3.8, 4) is 0 Å². The summed E-state index contributed by atoms with van der Waals surface area (Å²) in [7, 11) is 0. The zero-order chi connectivity index (χ0) is 9.23. The van der Waals surface area contributed by atoms with E-state index in [4.69, 9.17) is 0 Å². The van der Waals surface area contributed by atoms with Gasteiger partial charge < -0.3 is 0 Å². The predicted octanol–water partition coefficient (Wildman–Crippen LogP) is 4.40. The monoisotopic (exact) mass is 378 g/mol. The molecule has 1 heteroatoms. The number of unbranched alkanes of at least 4 members (excludes halogenated alkanes) is 6. The molecule has 0 aromatic rings. The molecule has 4 radical (unpaired) electrons. The summed E-state index contributed by atoms with van der Waals surface area (Å²) in [6, 6.07) is 0. The van der Waals surface area contributed by atoms with Crippen LogP contribution < -0.4 is 0 Å². The molecule has 0 heterocycles. The van der Waals surface area contributed by atoms with Crippen LogP contribution in [0.3, 0.4) is 0 Å². The maximum atomic E-state index is 2.32. The molecule has 0 nitrogen and oxygen atoms in total. The van der Waals surface area contributed by atoms with Crippen LogP contribution in [0.15, 0.2) is 0 Å². The third kappa shape index (κ3) is 15.7. The van der Waals surface area contributed by atoms with E-state index in [1.165, 1.54) is 51.4 Å². The number of hydrogen-bond donors (Lipinski definition) is 0. The first kappa shape index (κ1) is 16.4. The van der Waals surface area contributed by atoms with Gasteiger partial charge in [-0.3, -0.25) is 0 Å². The van der Waals surface area contributed by atoms with Gasteiger partial charge in [0.25, 0.3) is 0 Å². The van der Waals surface area contributed by atoms with Gasteiger partial charge in [0.2, 0.25) is 0 Å². The largest absolute Gasteiger partial charge is 0.0654 e. The van der Waals surface area contributed by atoms with Crippen LogP contribution in [0.1, 0.15) is 72.1 Å². The Kier molecular flexibility index (Phi) is 16.3. The van der Waals surface area contributed by atoms with E-state index in [-0.39, 0.29) is 27.3 Å². The van der Waals surface area contributed by atoms with Crippen LogP contribution in [0.4, 0.5) is 0 Å². The second-order valence-corrected chi connectivity index (χ2v) is 4.30. The molecule has 0 fully saturated rings. The Bertz CT molecular complexity index is 79.2. The third-order valence-electron chi connectivity index (χ3n) is 2.39. The maximum Gasteiger partial charge on any atom is 0 e. The second kappa shape index (κ2) is 12.9.